The molecule has 0 atom stereocenters. The second-order valence-electron chi connectivity index (χ2n) is 6.52. The summed E-state index contributed by atoms with van der Waals surface area (Å²) >= 11 is 24.1. The second-order valence-corrected chi connectivity index (χ2v) is 8.18. The number of hydrogen-bond acceptors (Lipinski definition) is 3. The van der Waals surface area contributed by atoms with E-state index in [1.807, 2.05) is 13.0 Å². The Labute approximate surface area is 199 Å². The van der Waals surface area contributed by atoms with Gasteiger partial charge in [0.15, 0.2) is 6.61 Å². The molecule has 0 spiro atoms. The van der Waals surface area contributed by atoms with Crippen LogP contribution >= 0.6 is 46.4 Å². The van der Waals surface area contributed by atoms with Gasteiger partial charge in [-0.3, -0.25) is 9.59 Å². The summed E-state index contributed by atoms with van der Waals surface area (Å²) in [7, 11) is 0. The summed E-state index contributed by atoms with van der Waals surface area (Å²) in [6.45, 7) is 1.67. The Bertz CT molecular complexity index is 1110. The third-order valence-corrected chi connectivity index (χ3v) is 5.41. The van der Waals surface area contributed by atoms with Crippen molar-refractivity contribution in [3.05, 3.63) is 85.8 Å². The van der Waals surface area contributed by atoms with Crippen LogP contribution in [0.2, 0.25) is 20.1 Å². The molecule has 0 aromatic heterocycles. The number of carbonyl (C=O) groups is 2. The molecule has 0 unspecified atom stereocenters. The highest BCUT2D eigenvalue weighted by molar-refractivity contribution is 6.42. The maximum Gasteiger partial charge on any atom is 0.262 e. The minimum Gasteiger partial charge on any atom is -0.484 e. The maximum absolute atomic E-state index is 12.5. The lowest BCUT2D eigenvalue weighted by Gasteiger charge is -2.11. The van der Waals surface area contributed by atoms with Crippen molar-refractivity contribution in [1.82, 2.24) is 0 Å². The lowest BCUT2D eigenvalue weighted by molar-refractivity contribution is -0.118. The molecule has 3 rings (SSSR count). The zero-order valence-corrected chi connectivity index (χ0v) is 19.2. The van der Waals surface area contributed by atoms with Gasteiger partial charge in [0.05, 0.1) is 15.7 Å². The van der Waals surface area contributed by atoms with Crippen molar-refractivity contribution in [3.8, 4) is 5.75 Å². The lowest BCUT2D eigenvalue weighted by Crippen LogP contribution is -2.20. The van der Waals surface area contributed by atoms with Crippen LogP contribution < -0.4 is 15.4 Å². The molecule has 2 amide bonds. The third-order valence-electron chi connectivity index (χ3n) is 4.19. The van der Waals surface area contributed by atoms with E-state index in [9.17, 15) is 9.59 Å². The third kappa shape index (κ3) is 6.28. The first-order chi connectivity index (χ1) is 14.7. The molecular formula is C22H16Cl4N2O3. The molecule has 0 fully saturated rings. The molecule has 5 nitrogen and oxygen atoms in total. The molecule has 3 aromatic carbocycles. The molecule has 160 valence electrons. The first-order valence-corrected chi connectivity index (χ1v) is 10.5. The van der Waals surface area contributed by atoms with Crippen molar-refractivity contribution in [1.29, 1.82) is 0 Å². The topological polar surface area (TPSA) is 67.4 Å². The van der Waals surface area contributed by atoms with E-state index in [1.54, 1.807) is 36.4 Å². The van der Waals surface area contributed by atoms with Crippen LogP contribution in [0.3, 0.4) is 0 Å². The number of rotatable bonds is 6. The lowest BCUT2D eigenvalue weighted by atomic mass is 10.2. The van der Waals surface area contributed by atoms with Crippen LogP contribution in [-0.2, 0) is 4.79 Å². The molecule has 0 radical (unpaired) electrons. The van der Waals surface area contributed by atoms with Gasteiger partial charge in [-0.25, -0.2) is 0 Å². The van der Waals surface area contributed by atoms with Crippen LogP contribution in [0.25, 0.3) is 0 Å². The van der Waals surface area contributed by atoms with Crippen molar-refractivity contribution in [2.75, 3.05) is 17.2 Å². The van der Waals surface area contributed by atoms with Crippen molar-refractivity contribution in [2.24, 2.45) is 0 Å². The van der Waals surface area contributed by atoms with Gasteiger partial charge < -0.3 is 15.4 Å². The zero-order chi connectivity index (χ0) is 22.5. The van der Waals surface area contributed by atoms with E-state index in [0.29, 0.717) is 27.0 Å². The number of hydrogen-bond donors (Lipinski definition) is 2. The number of amides is 2. The van der Waals surface area contributed by atoms with Gasteiger partial charge in [0.25, 0.3) is 11.8 Å². The normalized spacial score (nSPS) is 10.5. The first kappa shape index (κ1) is 23.2. The van der Waals surface area contributed by atoms with Crippen LogP contribution in [0.1, 0.15) is 15.9 Å². The Hall–Kier alpha value is -2.44. The number of ether oxygens (including phenoxy) is 1. The summed E-state index contributed by atoms with van der Waals surface area (Å²) in [5.74, 6) is -0.323. The van der Waals surface area contributed by atoms with Crippen LogP contribution in [0, 0.1) is 6.92 Å². The highest BCUT2D eigenvalue weighted by Gasteiger charge is 2.13. The summed E-state index contributed by atoms with van der Waals surface area (Å²) in [6.07, 6.45) is 0. The first-order valence-electron chi connectivity index (χ1n) is 8.97. The Kier molecular flexibility index (Phi) is 7.68. The number of nitrogens with one attached hydrogen (secondary N) is 2. The number of anilines is 2. The van der Waals surface area contributed by atoms with Gasteiger partial charge in [0.1, 0.15) is 5.75 Å². The number of aryl methyl sites for hydroxylation is 1. The zero-order valence-electron chi connectivity index (χ0n) is 16.1. The molecular weight excluding hydrogens is 482 g/mol. The van der Waals surface area contributed by atoms with Crippen molar-refractivity contribution >= 4 is 69.6 Å². The highest BCUT2D eigenvalue weighted by atomic mass is 35.5. The number of halogens is 4. The Balaban J connectivity index is 1.56. The minimum atomic E-state index is -0.410. The Morgan fingerprint density at radius 3 is 2.10 bits per heavy atom. The molecule has 0 heterocycles. The largest absolute Gasteiger partial charge is 0.484 e. The maximum atomic E-state index is 12.5. The molecule has 0 aliphatic rings. The van der Waals surface area contributed by atoms with Gasteiger partial charge >= 0.3 is 0 Å². The second kappa shape index (κ2) is 10.2. The minimum absolute atomic E-state index is 0.201. The molecule has 0 bridgehead atoms. The van der Waals surface area contributed by atoms with E-state index < -0.39 is 5.91 Å². The molecule has 0 saturated heterocycles. The van der Waals surface area contributed by atoms with Gasteiger partial charge in [-0.1, -0.05) is 52.5 Å². The van der Waals surface area contributed by atoms with Gasteiger partial charge in [-0.05, 0) is 61.0 Å². The molecule has 0 saturated carbocycles. The summed E-state index contributed by atoms with van der Waals surface area (Å²) in [6, 6.07) is 14.5. The Morgan fingerprint density at radius 2 is 1.48 bits per heavy atom. The van der Waals surface area contributed by atoms with Crippen LogP contribution in [-0.4, -0.2) is 18.4 Å². The molecule has 9 heteroatoms. The Morgan fingerprint density at radius 1 is 0.839 bits per heavy atom. The predicted molar refractivity (Wildman–Crippen MR) is 126 cm³/mol. The highest BCUT2D eigenvalue weighted by Crippen LogP contribution is 2.34. The van der Waals surface area contributed by atoms with Gasteiger partial charge in [0, 0.05) is 21.3 Å². The monoisotopic (exact) mass is 496 g/mol. The molecule has 2 N–H and O–H groups in total. The van der Waals surface area contributed by atoms with Crippen molar-refractivity contribution in [3.63, 3.8) is 0 Å². The van der Waals surface area contributed by atoms with Crippen LogP contribution in [0.5, 0.6) is 5.75 Å². The summed E-state index contributed by atoms with van der Waals surface area (Å²) < 4.78 is 5.46. The van der Waals surface area contributed by atoms with Crippen LogP contribution in [0.15, 0.2) is 54.6 Å². The predicted octanol–water partition coefficient (Wildman–Crippen LogP) is 6.88. The quantitative estimate of drug-likeness (QED) is 0.390. The van der Waals surface area contributed by atoms with E-state index in [4.69, 9.17) is 51.1 Å². The van der Waals surface area contributed by atoms with Crippen molar-refractivity contribution < 1.29 is 14.3 Å². The van der Waals surface area contributed by atoms with E-state index in [2.05, 4.69) is 10.6 Å². The molecule has 0 aliphatic carbocycles. The van der Waals surface area contributed by atoms with Crippen LogP contribution in [0.4, 0.5) is 11.4 Å². The molecule has 0 aliphatic heterocycles. The van der Waals surface area contributed by atoms with E-state index in [0.717, 1.165) is 5.56 Å². The fourth-order valence-corrected chi connectivity index (χ4v) is 3.66. The van der Waals surface area contributed by atoms with E-state index >= 15 is 0 Å². The van der Waals surface area contributed by atoms with Gasteiger partial charge in [-0.2, -0.15) is 0 Å². The fraction of sp³-hybridized carbons (Fsp3) is 0.0909. The number of benzene rings is 3. The average Bonchev–Trinajstić information content (AvgIpc) is 2.72. The molecule has 31 heavy (non-hydrogen) atoms. The average molecular weight is 498 g/mol. The summed E-state index contributed by atoms with van der Waals surface area (Å²) in [5, 5.41) is 6.74. The smallest absolute Gasteiger partial charge is 0.262 e. The SMILES string of the molecule is Cc1ccc(NC(=O)COc2ccc(C(=O)Nc3c(Cl)cc(Cl)cc3Cl)cc2)cc1Cl. The summed E-state index contributed by atoms with van der Waals surface area (Å²) in [5.41, 5.74) is 2.12. The van der Waals surface area contributed by atoms with Gasteiger partial charge in [-0.15, -0.1) is 0 Å². The van der Waals surface area contributed by atoms with E-state index in [1.165, 1.54) is 12.1 Å². The van der Waals surface area contributed by atoms with Crippen molar-refractivity contribution in [2.45, 2.75) is 6.92 Å². The van der Waals surface area contributed by atoms with E-state index in [-0.39, 0.29) is 28.2 Å². The van der Waals surface area contributed by atoms with Gasteiger partial charge in [0.2, 0.25) is 0 Å². The standard InChI is InChI=1S/C22H16Cl4N2O3/c1-12-2-5-15(10-17(12)24)27-20(29)11-31-16-6-3-13(4-7-16)22(30)28-21-18(25)8-14(23)9-19(21)26/h2-10H,11H2,1H3,(H,27,29)(H,28,30). The summed E-state index contributed by atoms with van der Waals surface area (Å²) in [4.78, 5) is 24.5. The number of carbonyl (C=O) groups excluding carboxylic acids is 2. The fourth-order valence-electron chi connectivity index (χ4n) is 2.57. The molecule has 3 aromatic rings.